The molecule has 1 N–H and O–H groups in total. The van der Waals surface area contributed by atoms with Crippen LogP contribution in [-0.4, -0.2) is 23.4 Å². The van der Waals surface area contributed by atoms with Gasteiger partial charge in [0.2, 0.25) is 0 Å². The van der Waals surface area contributed by atoms with Crippen LogP contribution in [0.25, 0.3) is 10.8 Å². The second-order valence-corrected chi connectivity index (χ2v) is 5.04. The van der Waals surface area contributed by atoms with Crippen LogP contribution in [0.1, 0.15) is 37.0 Å². The Hall–Kier alpha value is -1.74. The Morgan fingerprint density at radius 3 is 2.84 bits per heavy atom. The van der Waals surface area contributed by atoms with Crippen LogP contribution in [0.4, 0.5) is 0 Å². The predicted octanol–water partition coefficient (Wildman–Crippen LogP) is 3.20. The molecular weight excluding hydrogens is 236 g/mol. The van der Waals surface area contributed by atoms with Crippen molar-refractivity contribution in [3.8, 4) is 0 Å². The van der Waals surface area contributed by atoms with Crippen molar-refractivity contribution in [2.24, 2.45) is 0 Å². The third kappa shape index (κ3) is 3.61. The normalized spacial score (nSPS) is 11.1. The molecule has 0 atom stereocenters. The maximum Gasteiger partial charge on any atom is 0.165 e. The first kappa shape index (κ1) is 13.7. The lowest BCUT2D eigenvalue weighted by atomic mass is 10.0. The zero-order valence-electron chi connectivity index (χ0n) is 11.5. The highest BCUT2D eigenvalue weighted by atomic mass is 16.1. The minimum atomic E-state index is 0.176. The maximum absolute atomic E-state index is 12.2. The number of fused-ring (bicyclic) bond motifs is 1. The number of hydrogen-bond acceptors (Lipinski definition) is 3. The number of pyridine rings is 1. The van der Waals surface area contributed by atoms with Crippen molar-refractivity contribution in [1.82, 2.24) is 10.3 Å². The summed E-state index contributed by atoms with van der Waals surface area (Å²) in [6, 6.07) is 8.36. The van der Waals surface area contributed by atoms with E-state index < -0.39 is 0 Å². The molecule has 0 saturated heterocycles. The van der Waals surface area contributed by atoms with Gasteiger partial charge in [0.15, 0.2) is 5.78 Å². The third-order valence-corrected chi connectivity index (χ3v) is 3.10. The minimum absolute atomic E-state index is 0.176. The number of hydrogen-bond donors (Lipinski definition) is 1. The summed E-state index contributed by atoms with van der Waals surface area (Å²) in [6.45, 7) is 5.09. The molecule has 1 aromatic carbocycles. The van der Waals surface area contributed by atoms with E-state index >= 15 is 0 Å². The first-order chi connectivity index (χ1) is 9.18. The Morgan fingerprint density at radius 1 is 1.26 bits per heavy atom. The minimum Gasteiger partial charge on any atom is -0.315 e. The Balaban J connectivity index is 2.05. The van der Waals surface area contributed by atoms with Crippen LogP contribution in [0, 0.1) is 0 Å². The summed E-state index contributed by atoms with van der Waals surface area (Å²) >= 11 is 0. The SMILES string of the molecule is CC(C)NCCCC(=O)c1cncc2ccccc12. The van der Waals surface area contributed by atoms with Crippen LogP contribution in [-0.2, 0) is 0 Å². The molecule has 19 heavy (non-hydrogen) atoms. The molecule has 1 aromatic heterocycles. The zero-order valence-corrected chi connectivity index (χ0v) is 11.5. The average molecular weight is 256 g/mol. The Labute approximate surface area is 114 Å². The molecule has 1 heterocycles. The van der Waals surface area contributed by atoms with E-state index in [4.69, 9.17) is 0 Å². The van der Waals surface area contributed by atoms with Gasteiger partial charge in [-0.25, -0.2) is 0 Å². The van der Waals surface area contributed by atoms with E-state index in [1.54, 1.807) is 12.4 Å². The van der Waals surface area contributed by atoms with Crippen molar-refractivity contribution in [1.29, 1.82) is 0 Å². The molecule has 0 aliphatic heterocycles. The van der Waals surface area contributed by atoms with E-state index in [0.29, 0.717) is 12.5 Å². The number of Topliss-reactive ketones (excluding diaryl/α,β-unsaturated/α-hetero) is 1. The predicted molar refractivity (Wildman–Crippen MR) is 78.4 cm³/mol. The lowest BCUT2D eigenvalue weighted by molar-refractivity contribution is 0.0981. The zero-order chi connectivity index (χ0) is 13.7. The molecule has 2 aromatic rings. The summed E-state index contributed by atoms with van der Waals surface area (Å²) in [5, 5.41) is 5.34. The topological polar surface area (TPSA) is 42.0 Å². The third-order valence-electron chi connectivity index (χ3n) is 3.10. The largest absolute Gasteiger partial charge is 0.315 e. The number of rotatable bonds is 6. The molecule has 0 fully saturated rings. The highest BCUT2D eigenvalue weighted by Crippen LogP contribution is 2.18. The van der Waals surface area contributed by atoms with Crippen molar-refractivity contribution in [3.05, 3.63) is 42.2 Å². The van der Waals surface area contributed by atoms with Gasteiger partial charge >= 0.3 is 0 Å². The maximum atomic E-state index is 12.2. The summed E-state index contributed by atoms with van der Waals surface area (Å²) in [5.41, 5.74) is 0.739. The molecule has 0 bridgehead atoms. The van der Waals surface area contributed by atoms with Gasteiger partial charge in [0.25, 0.3) is 0 Å². The summed E-state index contributed by atoms with van der Waals surface area (Å²) in [6.07, 6.45) is 4.91. The second-order valence-electron chi connectivity index (χ2n) is 5.04. The van der Waals surface area contributed by atoms with Crippen molar-refractivity contribution >= 4 is 16.6 Å². The summed E-state index contributed by atoms with van der Waals surface area (Å²) in [7, 11) is 0. The fourth-order valence-corrected chi connectivity index (χ4v) is 2.11. The van der Waals surface area contributed by atoms with Gasteiger partial charge in [-0.3, -0.25) is 9.78 Å². The van der Waals surface area contributed by atoms with E-state index in [1.165, 1.54) is 0 Å². The number of nitrogens with one attached hydrogen (secondary N) is 1. The Kier molecular flexibility index (Phi) is 4.63. The molecule has 0 radical (unpaired) electrons. The van der Waals surface area contributed by atoms with Crippen LogP contribution >= 0.6 is 0 Å². The first-order valence-electron chi connectivity index (χ1n) is 6.78. The summed E-state index contributed by atoms with van der Waals surface area (Å²) < 4.78 is 0. The molecule has 0 aliphatic carbocycles. The van der Waals surface area contributed by atoms with Gasteiger partial charge in [-0.05, 0) is 18.4 Å². The van der Waals surface area contributed by atoms with Crippen LogP contribution < -0.4 is 5.32 Å². The highest BCUT2D eigenvalue weighted by molar-refractivity contribution is 6.07. The monoisotopic (exact) mass is 256 g/mol. The molecule has 0 unspecified atom stereocenters. The number of carbonyl (C=O) groups excluding carboxylic acids is 1. The Morgan fingerprint density at radius 2 is 2.05 bits per heavy atom. The Bertz CT molecular complexity index is 558. The number of benzene rings is 1. The molecule has 100 valence electrons. The first-order valence-corrected chi connectivity index (χ1v) is 6.78. The fourth-order valence-electron chi connectivity index (χ4n) is 2.11. The highest BCUT2D eigenvalue weighted by Gasteiger charge is 2.09. The van der Waals surface area contributed by atoms with Gasteiger partial charge in [-0.1, -0.05) is 38.1 Å². The van der Waals surface area contributed by atoms with Gasteiger partial charge in [0.1, 0.15) is 0 Å². The number of nitrogens with zero attached hydrogens (tertiary/aromatic N) is 1. The van der Waals surface area contributed by atoms with E-state index in [2.05, 4.69) is 24.1 Å². The summed E-state index contributed by atoms with van der Waals surface area (Å²) in [4.78, 5) is 16.4. The second kappa shape index (κ2) is 6.43. The van der Waals surface area contributed by atoms with Crippen LogP contribution in [0.15, 0.2) is 36.7 Å². The average Bonchev–Trinajstić information content (AvgIpc) is 2.42. The molecule has 3 heteroatoms. The quantitative estimate of drug-likeness (QED) is 0.637. The molecule has 3 nitrogen and oxygen atoms in total. The van der Waals surface area contributed by atoms with Crippen LogP contribution in [0.2, 0.25) is 0 Å². The van der Waals surface area contributed by atoms with Crippen molar-refractivity contribution in [3.63, 3.8) is 0 Å². The van der Waals surface area contributed by atoms with Gasteiger partial charge in [0.05, 0.1) is 0 Å². The number of aromatic nitrogens is 1. The fraction of sp³-hybridized carbons (Fsp3) is 0.375. The van der Waals surface area contributed by atoms with Crippen molar-refractivity contribution in [2.45, 2.75) is 32.7 Å². The summed E-state index contributed by atoms with van der Waals surface area (Å²) in [5.74, 6) is 0.176. The molecule has 0 saturated carbocycles. The molecule has 2 rings (SSSR count). The molecule has 0 aliphatic rings. The van der Waals surface area contributed by atoms with Gasteiger partial charge in [-0.2, -0.15) is 0 Å². The van der Waals surface area contributed by atoms with Gasteiger partial charge in [-0.15, -0.1) is 0 Å². The van der Waals surface area contributed by atoms with Crippen molar-refractivity contribution < 1.29 is 4.79 Å². The van der Waals surface area contributed by atoms with E-state index in [1.807, 2.05) is 24.3 Å². The van der Waals surface area contributed by atoms with E-state index in [9.17, 15) is 4.79 Å². The van der Waals surface area contributed by atoms with Crippen LogP contribution in [0.3, 0.4) is 0 Å². The molecule has 0 amide bonds. The molecular formula is C16H20N2O. The van der Waals surface area contributed by atoms with Crippen molar-refractivity contribution in [2.75, 3.05) is 6.54 Å². The van der Waals surface area contributed by atoms with E-state index in [0.717, 1.165) is 29.3 Å². The van der Waals surface area contributed by atoms with Crippen LogP contribution in [0.5, 0.6) is 0 Å². The standard InChI is InChI=1S/C16H20N2O/c1-12(2)18-9-5-8-16(19)15-11-17-10-13-6-3-4-7-14(13)15/h3-4,6-7,10-12,18H,5,8-9H2,1-2H3. The molecule has 0 spiro atoms. The van der Waals surface area contributed by atoms with Gasteiger partial charge < -0.3 is 5.32 Å². The smallest absolute Gasteiger partial charge is 0.165 e. The number of ketones is 1. The van der Waals surface area contributed by atoms with Gasteiger partial charge in [0, 0.05) is 35.8 Å². The lowest BCUT2D eigenvalue weighted by Gasteiger charge is -2.08. The van der Waals surface area contributed by atoms with E-state index in [-0.39, 0.29) is 5.78 Å². The lowest BCUT2D eigenvalue weighted by Crippen LogP contribution is -2.24. The number of carbonyl (C=O) groups is 1.